The van der Waals surface area contributed by atoms with Crippen LogP contribution in [0.1, 0.15) is 10.5 Å². The van der Waals surface area contributed by atoms with E-state index in [0.717, 1.165) is 11.0 Å². The number of carbonyl (C=O) groups excluding carboxylic acids is 1. The van der Waals surface area contributed by atoms with E-state index in [-0.39, 0.29) is 5.91 Å². The lowest BCUT2D eigenvalue weighted by atomic mass is 10.2. The quantitative estimate of drug-likeness (QED) is 0.719. The standard InChI is InChI=1S/C13H10N4O/c18-13(11-2-1-5-14-11)17-9-3-4-10-12(8-9)16-7-6-15-10/h1-8,14H,(H,17,18). The van der Waals surface area contributed by atoms with Crippen molar-refractivity contribution in [3.63, 3.8) is 0 Å². The molecule has 0 aliphatic heterocycles. The summed E-state index contributed by atoms with van der Waals surface area (Å²) in [7, 11) is 0. The van der Waals surface area contributed by atoms with E-state index < -0.39 is 0 Å². The largest absolute Gasteiger partial charge is 0.357 e. The van der Waals surface area contributed by atoms with E-state index in [0.29, 0.717) is 11.4 Å². The molecular weight excluding hydrogens is 228 g/mol. The second kappa shape index (κ2) is 4.29. The van der Waals surface area contributed by atoms with Crippen LogP contribution in [-0.4, -0.2) is 20.9 Å². The molecule has 2 aromatic heterocycles. The predicted molar refractivity (Wildman–Crippen MR) is 68.3 cm³/mol. The summed E-state index contributed by atoms with van der Waals surface area (Å²) in [4.78, 5) is 23.0. The average Bonchev–Trinajstić information content (AvgIpc) is 2.92. The van der Waals surface area contributed by atoms with Gasteiger partial charge in [-0.2, -0.15) is 0 Å². The van der Waals surface area contributed by atoms with E-state index in [4.69, 9.17) is 0 Å². The predicted octanol–water partition coefficient (Wildman–Crippen LogP) is 2.21. The van der Waals surface area contributed by atoms with Gasteiger partial charge in [-0.05, 0) is 30.3 Å². The summed E-state index contributed by atoms with van der Waals surface area (Å²) in [5.74, 6) is -0.178. The van der Waals surface area contributed by atoms with Crippen LogP contribution in [0.3, 0.4) is 0 Å². The van der Waals surface area contributed by atoms with Crippen LogP contribution < -0.4 is 5.32 Å². The third-order valence-corrected chi connectivity index (χ3v) is 2.57. The monoisotopic (exact) mass is 238 g/mol. The molecule has 0 spiro atoms. The smallest absolute Gasteiger partial charge is 0.272 e. The summed E-state index contributed by atoms with van der Waals surface area (Å²) >= 11 is 0. The number of rotatable bonds is 2. The van der Waals surface area contributed by atoms with Crippen molar-refractivity contribution in [3.8, 4) is 0 Å². The Morgan fingerprint density at radius 1 is 1.11 bits per heavy atom. The molecule has 0 bridgehead atoms. The first-order chi connectivity index (χ1) is 8.83. The molecule has 5 heteroatoms. The van der Waals surface area contributed by atoms with Crippen LogP contribution in [0.15, 0.2) is 48.9 Å². The maximum atomic E-state index is 11.8. The van der Waals surface area contributed by atoms with Gasteiger partial charge in [0, 0.05) is 24.3 Å². The molecule has 3 aromatic rings. The number of fused-ring (bicyclic) bond motifs is 1. The summed E-state index contributed by atoms with van der Waals surface area (Å²) in [6, 6.07) is 8.92. The van der Waals surface area contributed by atoms with Gasteiger partial charge in [0.1, 0.15) is 5.69 Å². The molecule has 18 heavy (non-hydrogen) atoms. The van der Waals surface area contributed by atoms with Crippen molar-refractivity contribution in [2.75, 3.05) is 5.32 Å². The lowest BCUT2D eigenvalue weighted by Crippen LogP contribution is -2.12. The van der Waals surface area contributed by atoms with Crippen molar-refractivity contribution in [3.05, 3.63) is 54.6 Å². The number of anilines is 1. The highest BCUT2D eigenvalue weighted by atomic mass is 16.1. The van der Waals surface area contributed by atoms with Gasteiger partial charge in [0.25, 0.3) is 5.91 Å². The van der Waals surface area contributed by atoms with Crippen LogP contribution in [-0.2, 0) is 0 Å². The number of hydrogen-bond donors (Lipinski definition) is 2. The van der Waals surface area contributed by atoms with E-state index in [1.807, 2.05) is 6.07 Å². The molecule has 0 fully saturated rings. The average molecular weight is 238 g/mol. The Bertz CT molecular complexity index is 691. The van der Waals surface area contributed by atoms with Gasteiger partial charge in [0.2, 0.25) is 0 Å². The third kappa shape index (κ3) is 1.93. The molecule has 0 saturated heterocycles. The lowest BCUT2D eigenvalue weighted by Gasteiger charge is -2.04. The van der Waals surface area contributed by atoms with Crippen LogP contribution in [0, 0.1) is 0 Å². The Hall–Kier alpha value is -2.69. The number of aromatic nitrogens is 3. The van der Waals surface area contributed by atoms with Crippen LogP contribution >= 0.6 is 0 Å². The molecule has 2 heterocycles. The third-order valence-electron chi connectivity index (χ3n) is 2.57. The van der Waals surface area contributed by atoms with Crippen LogP contribution in [0.25, 0.3) is 11.0 Å². The van der Waals surface area contributed by atoms with Gasteiger partial charge in [0.15, 0.2) is 0 Å². The Labute approximate surface area is 103 Å². The molecular formula is C13H10N4O. The first-order valence-electron chi connectivity index (χ1n) is 5.48. The number of nitrogens with one attached hydrogen (secondary N) is 2. The normalized spacial score (nSPS) is 10.4. The van der Waals surface area contributed by atoms with Gasteiger partial charge in [0.05, 0.1) is 11.0 Å². The highest BCUT2D eigenvalue weighted by Crippen LogP contribution is 2.15. The van der Waals surface area contributed by atoms with Crippen molar-refractivity contribution in [2.45, 2.75) is 0 Å². The molecule has 5 nitrogen and oxygen atoms in total. The molecule has 0 aliphatic carbocycles. The van der Waals surface area contributed by atoms with Gasteiger partial charge >= 0.3 is 0 Å². The summed E-state index contributed by atoms with van der Waals surface area (Å²) in [5, 5.41) is 2.80. The zero-order chi connectivity index (χ0) is 12.4. The second-order valence-corrected chi connectivity index (χ2v) is 3.80. The van der Waals surface area contributed by atoms with Crippen molar-refractivity contribution in [1.82, 2.24) is 15.0 Å². The number of hydrogen-bond acceptors (Lipinski definition) is 3. The summed E-state index contributed by atoms with van der Waals surface area (Å²) in [6.45, 7) is 0. The topological polar surface area (TPSA) is 70.7 Å². The second-order valence-electron chi connectivity index (χ2n) is 3.80. The van der Waals surface area contributed by atoms with Gasteiger partial charge in [-0.25, -0.2) is 0 Å². The lowest BCUT2D eigenvalue weighted by molar-refractivity contribution is 0.102. The minimum absolute atomic E-state index is 0.178. The molecule has 0 radical (unpaired) electrons. The van der Waals surface area contributed by atoms with Crippen LogP contribution in [0.2, 0.25) is 0 Å². The summed E-state index contributed by atoms with van der Waals surface area (Å²) < 4.78 is 0. The molecule has 1 amide bonds. The van der Waals surface area contributed by atoms with E-state index in [1.165, 1.54) is 0 Å². The first kappa shape index (κ1) is 10.5. The maximum absolute atomic E-state index is 11.8. The van der Waals surface area contributed by atoms with Gasteiger partial charge in [-0.3, -0.25) is 14.8 Å². The number of nitrogens with zero attached hydrogens (tertiary/aromatic N) is 2. The van der Waals surface area contributed by atoms with Gasteiger partial charge in [-0.1, -0.05) is 0 Å². The number of H-pyrrole nitrogens is 1. The van der Waals surface area contributed by atoms with E-state index >= 15 is 0 Å². The van der Waals surface area contributed by atoms with Gasteiger partial charge in [-0.15, -0.1) is 0 Å². The van der Waals surface area contributed by atoms with E-state index in [1.54, 1.807) is 42.9 Å². The Morgan fingerprint density at radius 2 is 1.94 bits per heavy atom. The van der Waals surface area contributed by atoms with Crippen molar-refractivity contribution in [2.24, 2.45) is 0 Å². The SMILES string of the molecule is O=C(Nc1ccc2nccnc2c1)c1ccc[nH]1. The molecule has 1 aromatic carbocycles. The first-order valence-corrected chi connectivity index (χ1v) is 5.48. The van der Waals surface area contributed by atoms with Crippen LogP contribution in [0.5, 0.6) is 0 Å². The minimum Gasteiger partial charge on any atom is -0.357 e. The molecule has 0 saturated carbocycles. The fourth-order valence-corrected chi connectivity index (χ4v) is 1.71. The Balaban J connectivity index is 1.89. The highest BCUT2D eigenvalue weighted by Gasteiger charge is 2.06. The van der Waals surface area contributed by atoms with E-state index in [2.05, 4.69) is 20.3 Å². The summed E-state index contributed by atoms with van der Waals surface area (Å²) in [5.41, 5.74) is 2.77. The maximum Gasteiger partial charge on any atom is 0.272 e. The van der Waals surface area contributed by atoms with Crippen molar-refractivity contribution >= 4 is 22.6 Å². The van der Waals surface area contributed by atoms with Gasteiger partial charge < -0.3 is 10.3 Å². The molecule has 0 atom stereocenters. The Kier molecular flexibility index (Phi) is 2.49. The molecule has 2 N–H and O–H groups in total. The van der Waals surface area contributed by atoms with Crippen molar-refractivity contribution in [1.29, 1.82) is 0 Å². The number of aromatic amines is 1. The summed E-state index contributed by atoms with van der Waals surface area (Å²) in [6.07, 6.45) is 4.97. The number of benzene rings is 1. The van der Waals surface area contributed by atoms with E-state index in [9.17, 15) is 4.79 Å². The molecule has 88 valence electrons. The molecule has 0 unspecified atom stereocenters. The highest BCUT2D eigenvalue weighted by molar-refractivity contribution is 6.03. The number of amides is 1. The number of carbonyl (C=O) groups is 1. The molecule has 0 aliphatic rings. The molecule has 3 rings (SSSR count). The zero-order valence-electron chi connectivity index (χ0n) is 9.42. The minimum atomic E-state index is -0.178. The fourth-order valence-electron chi connectivity index (χ4n) is 1.71. The van der Waals surface area contributed by atoms with Crippen LogP contribution in [0.4, 0.5) is 5.69 Å². The fraction of sp³-hybridized carbons (Fsp3) is 0. The van der Waals surface area contributed by atoms with Crippen molar-refractivity contribution < 1.29 is 4.79 Å². The Morgan fingerprint density at radius 3 is 2.72 bits per heavy atom. The zero-order valence-corrected chi connectivity index (χ0v) is 9.42.